The van der Waals surface area contributed by atoms with Gasteiger partial charge in [0.25, 0.3) is 0 Å². The zero-order valence-electron chi connectivity index (χ0n) is 56.0. The molecule has 12 rings (SSSR count). The predicted molar refractivity (Wildman–Crippen MR) is 424 cm³/mol. The minimum Gasteiger partial charge on any atom is -0.312 e. The van der Waals surface area contributed by atoms with Gasteiger partial charge in [0.15, 0.2) is 42.9 Å². The zero-order chi connectivity index (χ0) is 69.1. The van der Waals surface area contributed by atoms with Crippen LogP contribution in [0.15, 0.2) is 364 Å². The van der Waals surface area contributed by atoms with Crippen LogP contribution in [0.4, 0.5) is 0 Å². The van der Waals surface area contributed by atoms with E-state index >= 15 is 27.4 Å². The Morgan fingerprint density at radius 1 is 0.140 bits per heavy atom. The van der Waals surface area contributed by atoms with E-state index in [1.165, 1.54) is 0 Å². The Labute approximate surface area is 590 Å². The standard InChI is InChI=1S/C84H84N4O6P6/c89-95(73-37-13-1-14-38-73,74-39-15-2-16-40-74)67-86(68-96(90,75-41-17-3-18-42-75)76-43-19-4-20-44-76)64-61-85(62-65-87(69-97(91,77-45-21-5-22-46-77)78-47-23-6-24-48-78)70-98(92,79-49-25-7-26-50-79)80-51-27-8-28-52-80)63-66-88(71-99(93,81-53-29-9-30-54-81)82-55-31-10-32-56-82)72-100(94,83-57-33-11-34-58-83)84-59-35-12-36-60-84/h1-60H,61-72H2. The number of hydrogen-bond acceptors (Lipinski definition) is 10. The molecule has 506 valence electrons. The van der Waals surface area contributed by atoms with Crippen molar-refractivity contribution >= 4 is 107 Å². The Morgan fingerprint density at radius 2 is 0.230 bits per heavy atom. The maximum atomic E-state index is 16.7. The van der Waals surface area contributed by atoms with E-state index in [0.717, 1.165) is 0 Å². The first kappa shape index (κ1) is 71.7. The van der Waals surface area contributed by atoms with Crippen molar-refractivity contribution < 1.29 is 27.4 Å². The van der Waals surface area contributed by atoms with Crippen molar-refractivity contribution in [1.82, 2.24) is 19.6 Å². The molecule has 0 bridgehead atoms. The van der Waals surface area contributed by atoms with Gasteiger partial charge in [-0.15, -0.1) is 0 Å². The average molecular weight is 1430 g/mol. The van der Waals surface area contributed by atoms with E-state index in [-0.39, 0.29) is 57.3 Å². The summed E-state index contributed by atoms with van der Waals surface area (Å²) < 4.78 is 100.0. The molecule has 0 saturated heterocycles. The first-order chi connectivity index (χ1) is 48.8. The van der Waals surface area contributed by atoms with Crippen molar-refractivity contribution in [1.29, 1.82) is 0 Å². The van der Waals surface area contributed by atoms with Crippen molar-refractivity contribution in [2.75, 3.05) is 77.0 Å². The van der Waals surface area contributed by atoms with Crippen LogP contribution in [0.5, 0.6) is 0 Å². The van der Waals surface area contributed by atoms with E-state index in [1.54, 1.807) is 0 Å². The van der Waals surface area contributed by atoms with Crippen LogP contribution in [-0.2, 0) is 27.4 Å². The molecule has 0 fully saturated rings. The highest BCUT2D eigenvalue weighted by Crippen LogP contribution is 2.52. The number of rotatable bonds is 33. The first-order valence-corrected chi connectivity index (χ1v) is 45.3. The van der Waals surface area contributed by atoms with E-state index in [9.17, 15) is 0 Å². The van der Waals surface area contributed by atoms with Gasteiger partial charge < -0.3 is 27.4 Å². The van der Waals surface area contributed by atoms with Crippen molar-refractivity contribution in [2.24, 2.45) is 0 Å². The molecule has 0 aromatic heterocycles. The molecule has 100 heavy (non-hydrogen) atoms. The molecule has 0 aliphatic rings. The predicted octanol–water partition coefficient (Wildman–Crippen LogP) is 14.0. The minimum absolute atomic E-state index is 0.0418. The van der Waals surface area contributed by atoms with Crippen LogP contribution < -0.4 is 63.7 Å². The van der Waals surface area contributed by atoms with Gasteiger partial charge in [-0.25, -0.2) is 0 Å². The molecule has 0 radical (unpaired) electrons. The summed E-state index contributed by atoms with van der Waals surface area (Å²) in [5.74, 6) is 0. The summed E-state index contributed by atoms with van der Waals surface area (Å²) >= 11 is 0. The Morgan fingerprint density at radius 3 is 0.330 bits per heavy atom. The van der Waals surface area contributed by atoms with Gasteiger partial charge in [0, 0.05) is 103 Å². The fourth-order valence-corrected chi connectivity index (χ4v) is 30.2. The van der Waals surface area contributed by atoms with Crippen LogP contribution in [0.2, 0.25) is 0 Å². The molecule has 0 amide bonds. The van der Waals surface area contributed by atoms with Gasteiger partial charge in [-0.1, -0.05) is 364 Å². The summed E-state index contributed by atoms with van der Waals surface area (Å²) in [7, 11) is -21.3. The lowest BCUT2D eigenvalue weighted by atomic mass is 10.4. The Kier molecular flexibility index (Phi) is 24.1. The fraction of sp³-hybridized carbons (Fsp3) is 0.143. The van der Waals surface area contributed by atoms with Gasteiger partial charge in [0.1, 0.15) is 0 Å². The van der Waals surface area contributed by atoms with Gasteiger partial charge in [-0.05, 0) is 0 Å². The minimum atomic E-state index is -3.55. The lowest BCUT2D eigenvalue weighted by Crippen LogP contribution is -2.46. The molecule has 10 nitrogen and oxygen atoms in total. The summed E-state index contributed by atoms with van der Waals surface area (Å²) in [5.41, 5.74) is 0. The molecule has 0 spiro atoms. The third kappa shape index (κ3) is 16.9. The molecular weight excluding hydrogens is 1350 g/mol. The Bertz CT molecular complexity index is 3770. The molecule has 0 unspecified atom stereocenters. The molecule has 0 aliphatic carbocycles. The van der Waals surface area contributed by atoms with E-state index in [4.69, 9.17) is 0 Å². The van der Waals surface area contributed by atoms with E-state index < -0.39 is 42.9 Å². The second kappa shape index (κ2) is 33.6. The Hall–Kier alpha value is -8.14. The summed E-state index contributed by atoms with van der Waals surface area (Å²) in [4.78, 5) is 8.75. The van der Waals surface area contributed by atoms with Gasteiger partial charge >= 0.3 is 0 Å². The SMILES string of the molecule is O=P(CN(CCN(CCN(CP(=O)(c1ccccc1)c1ccccc1)CP(=O)(c1ccccc1)c1ccccc1)CCN(CP(=O)(c1ccccc1)c1ccccc1)CP(=O)(c1ccccc1)c1ccccc1)CP(=O)(c1ccccc1)c1ccccc1)(c1ccccc1)c1ccccc1. The van der Waals surface area contributed by atoms with Crippen LogP contribution in [0.1, 0.15) is 0 Å². The molecule has 16 heteroatoms. The van der Waals surface area contributed by atoms with Gasteiger partial charge in [-0.2, -0.15) is 0 Å². The third-order valence-corrected chi connectivity index (χ3v) is 37.0. The maximum Gasteiger partial charge on any atom is 0.156 e. The fourth-order valence-electron chi connectivity index (χ4n) is 13.3. The van der Waals surface area contributed by atoms with Gasteiger partial charge in [0.2, 0.25) is 0 Å². The quantitative estimate of drug-likeness (QED) is 0.0368. The summed E-state index contributed by atoms with van der Waals surface area (Å²) in [6.07, 6.45) is 0.251. The van der Waals surface area contributed by atoms with Crippen LogP contribution in [0, 0.1) is 0 Å². The summed E-state index contributed by atoms with van der Waals surface area (Å²) in [6, 6.07) is 115. The van der Waals surface area contributed by atoms with Crippen molar-refractivity contribution in [2.45, 2.75) is 0 Å². The second-order valence-corrected chi connectivity index (χ2v) is 42.1. The maximum absolute atomic E-state index is 16.7. The van der Waals surface area contributed by atoms with E-state index in [2.05, 4.69) is 19.6 Å². The summed E-state index contributed by atoms with van der Waals surface area (Å²) in [6.45, 7) is 1.77. The highest BCUT2D eigenvalue weighted by molar-refractivity contribution is 7.81. The van der Waals surface area contributed by atoms with E-state index in [1.807, 2.05) is 364 Å². The molecular formula is C84H84N4O6P6. The van der Waals surface area contributed by atoms with Crippen LogP contribution in [-0.4, -0.2) is 96.6 Å². The Balaban J connectivity index is 1.01. The number of hydrogen-bond donors (Lipinski definition) is 0. The highest BCUT2D eigenvalue weighted by atomic mass is 31.2. The highest BCUT2D eigenvalue weighted by Gasteiger charge is 2.40. The van der Waals surface area contributed by atoms with Gasteiger partial charge in [-0.3, -0.25) is 19.6 Å². The molecule has 0 N–H and O–H groups in total. The lowest BCUT2D eigenvalue weighted by molar-refractivity contribution is 0.188. The van der Waals surface area contributed by atoms with Crippen molar-refractivity contribution in [3.63, 3.8) is 0 Å². The second-order valence-electron chi connectivity index (χ2n) is 25.3. The molecule has 0 aliphatic heterocycles. The van der Waals surface area contributed by atoms with Gasteiger partial charge in [0.05, 0.1) is 37.7 Å². The monoisotopic (exact) mass is 1430 g/mol. The zero-order valence-corrected chi connectivity index (χ0v) is 61.4. The van der Waals surface area contributed by atoms with Crippen molar-refractivity contribution in [3.8, 4) is 0 Å². The van der Waals surface area contributed by atoms with Crippen LogP contribution in [0.3, 0.4) is 0 Å². The van der Waals surface area contributed by atoms with Crippen LogP contribution >= 0.6 is 42.9 Å². The van der Waals surface area contributed by atoms with Crippen LogP contribution in [0.25, 0.3) is 0 Å². The molecule has 12 aromatic carbocycles. The summed E-state index contributed by atoms with van der Waals surface area (Å²) in [5, 5.41) is 8.10. The average Bonchev–Trinajstić information content (AvgIpc) is 0.786. The molecule has 12 aromatic rings. The number of benzene rings is 12. The third-order valence-electron chi connectivity index (χ3n) is 18.7. The molecule has 0 saturated carbocycles. The topological polar surface area (TPSA) is 115 Å². The normalized spacial score (nSPS) is 12.5. The molecule has 0 atom stereocenters. The molecule has 0 heterocycles. The van der Waals surface area contributed by atoms with E-state index in [0.29, 0.717) is 83.3 Å². The van der Waals surface area contributed by atoms with Crippen molar-refractivity contribution in [3.05, 3.63) is 364 Å². The number of nitrogens with zero attached hydrogens (tertiary/aromatic N) is 4. The smallest absolute Gasteiger partial charge is 0.156 e. The lowest BCUT2D eigenvalue weighted by Gasteiger charge is -2.37. The first-order valence-electron chi connectivity index (χ1n) is 33.9. The largest absolute Gasteiger partial charge is 0.312 e.